The van der Waals surface area contributed by atoms with Gasteiger partial charge in [0.15, 0.2) is 0 Å². The lowest BCUT2D eigenvalue weighted by Gasteiger charge is -2.16. The van der Waals surface area contributed by atoms with Crippen LogP contribution in [0.3, 0.4) is 0 Å². The van der Waals surface area contributed by atoms with Crippen molar-refractivity contribution in [3.05, 3.63) is 37.5 Å². The first-order valence-corrected chi connectivity index (χ1v) is 8.03. The first kappa shape index (κ1) is 14.7. The predicted octanol–water partition coefficient (Wildman–Crippen LogP) is 3.46. The Morgan fingerprint density at radius 1 is 1.37 bits per heavy atom. The lowest BCUT2D eigenvalue weighted by molar-refractivity contribution is 0.197. The number of hydrogen-bond acceptors (Lipinski definition) is 5. The second kappa shape index (κ2) is 6.61. The molecule has 2 rings (SSSR count). The number of ether oxygens (including phenoxy) is 1. The van der Waals surface area contributed by atoms with Gasteiger partial charge in [-0.15, -0.1) is 22.7 Å². The molecule has 0 aromatic carbocycles. The third-order valence-corrected chi connectivity index (χ3v) is 5.33. The molecule has 0 spiro atoms. The smallest absolute Gasteiger partial charge is 0.115 e. The van der Waals surface area contributed by atoms with Crippen molar-refractivity contribution in [2.75, 3.05) is 20.3 Å². The van der Waals surface area contributed by atoms with Crippen molar-refractivity contribution in [3.63, 3.8) is 0 Å². The van der Waals surface area contributed by atoms with Crippen LogP contribution < -0.4 is 5.32 Å². The number of nitrogens with one attached hydrogen (secondary N) is 1. The topological polar surface area (TPSA) is 34.1 Å². The minimum absolute atomic E-state index is 0.188. The predicted molar refractivity (Wildman–Crippen MR) is 82.4 cm³/mol. The molecule has 2 heterocycles. The van der Waals surface area contributed by atoms with Crippen LogP contribution in [0.25, 0.3) is 0 Å². The van der Waals surface area contributed by atoms with E-state index in [1.165, 1.54) is 15.3 Å². The summed E-state index contributed by atoms with van der Waals surface area (Å²) in [5.41, 5.74) is 2.46. The van der Waals surface area contributed by atoms with Crippen molar-refractivity contribution < 1.29 is 4.74 Å². The number of aryl methyl sites for hydroxylation is 3. The van der Waals surface area contributed by atoms with E-state index in [0.29, 0.717) is 6.61 Å². The maximum Gasteiger partial charge on any atom is 0.115 e. The Bertz CT molecular complexity index is 514. The van der Waals surface area contributed by atoms with Gasteiger partial charge in [0.25, 0.3) is 0 Å². The maximum atomic E-state index is 5.13. The maximum absolute atomic E-state index is 5.13. The van der Waals surface area contributed by atoms with Crippen molar-refractivity contribution in [1.29, 1.82) is 0 Å². The van der Waals surface area contributed by atoms with Crippen molar-refractivity contribution in [3.8, 4) is 0 Å². The third-order valence-electron chi connectivity index (χ3n) is 3.11. The lowest BCUT2D eigenvalue weighted by atomic mass is 10.1. The highest BCUT2D eigenvalue weighted by atomic mass is 32.1. The van der Waals surface area contributed by atoms with Crippen LogP contribution in [-0.4, -0.2) is 25.2 Å². The van der Waals surface area contributed by atoms with Gasteiger partial charge < -0.3 is 10.1 Å². The average Bonchev–Trinajstić information content (AvgIpc) is 2.93. The highest BCUT2D eigenvalue weighted by Gasteiger charge is 2.20. The van der Waals surface area contributed by atoms with Crippen molar-refractivity contribution in [2.45, 2.75) is 26.8 Å². The molecule has 0 saturated carbocycles. The average molecular weight is 296 g/mol. The minimum atomic E-state index is 0.188. The lowest BCUT2D eigenvalue weighted by Crippen LogP contribution is -2.25. The summed E-state index contributed by atoms with van der Waals surface area (Å²) in [5.74, 6) is 0. The van der Waals surface area contributed by atoms with Crippen molar-refractivity contribution in [1.82, 2.24) is 10.3 Å². The molecule has 0 radical (unpaired) electrons. The molecular weight excluding hydrogens is 276 g/mol. The van der Waals surface area contributed by atoms with Gasteiger partial charge in [-0.2, -0.15) is 0 Å². The molecule has 0 aliphatic heterocycles. The quantitative estimate of drug-likeness (QED) is 0.829. The van der Waals surface area contributed by atoms with E-state index in [4.69, 9.17) is 9.72 Å². The summed E-state index contributed by atoms with van der Waals surface area (Å²) in [7, 11) is 1.73. The van der Waals surface area contributed by atoms with E-state index in [9.17, 15) is 0 Å². The van der Waals surface area contributed by atoms with Gasteiger partial charge in [-0.3, -0.25) is 0 Å². The summed E-state index contributed by atoms with van der Waals surface area (Å²) in [6.45, 7) is 7.90. The summed E-state index contributed by atoms with van der Waals surface area (Å²) in [5, 5.41) is 6.85. The van der Waals surface area contributed by atoms with Crippen LogP contribution >= 0.6 is 22.7 Å². The number of thiazole rings is 1. The van der Waals surface area contributed by atoms with E-state index in [-0.39, 0.29) is 6.04 Å². The standard InChI is InChI=1S/C14H20N2OS2/c1-9-5-8-18-13(9)12(15-6-7-17-4)14-16-10(2)11(3)19-14/h5,8,12,15H,6-7H2,1-4H3. The van der Waals surface area contributed by atoms with Crippen LogP contribution in [0, 0.1) is 20.8 Å². The van der Waals surface area contributed by atoms with Crippen LogP contribution in [-0.2, 0) is 4.74 Å². The molecule has 1 unspecified atom stereocenters. The molecule has 104 valence electrons. The monoisotopic (exact) mass is 296 g/mol. The molecule has 1 atom stereocenters. The summed E-state index contributed by atoms with van der Waals surface area (Å²) < 4.78 is 5.13. The molecule has 2 aromatic heterocycles. The summed E-state index contributed by atoms with van der Waals surface area (Å²) in [6.07, 6.45) is 0. The summed E-state index contributed by atoms with van der Waals surface area (Å²) in [6, 6.07) is 2.35. The first-order chi connectivity index (χ1) is 9.13. The van der Waals surface area contributed by atoms with E-state index in [0.717, 1.165) is 17.2 Å². The van der Waals surface area contributed by atoms with Gasteiger partial charge in [0, 0.05) is 23.4 Å². The van der Waals surface area contributed by atoms with Gasteiger partial charge in [0.05, 0.1) is 18.3 Å². The van der Waals surface area contributed by atoms with Crippen LogP contribution in [0.4, 0.5) is 0 Å². The molecule has 0 aliphatic carbocycles. The van der Waals surface area contributed by atoms with E-state index < -0.39 is 0 Å². The molecule has 0 amide bonds. The van der Waals surface area contributed by atoms with Crippen LogP contribution in [0.15, 0.2) is 11.4 Å². The Morgan fingerprint density at radius 2 is 2.16 bits per heavy atom. The van der Waals surface area contributed by atoms with Crippen molar-refractivity contribution in [2.24, 2.45) is 0 Å². The van der Waals surface area contributed by atoms with E-state index in [1.807, 2.05) is 0 Å². The fourth-order valence-electron chi connectivity index (χ4n) is 1.90. The van der Waals surface area contributed by atoms with Crippen LogP contribution in [0.2, 0.25) is 0 Å². The Labute approximate surface area is 122 Å². The highest BCUT2D eigenvalue weighted by molar-refractivity contribution is 7.12. The fraction of sp³-hybridized carbons (Fsp3) is 0.500. The zero-order valence-electron chi connectivity index (χ0n) is 11.8. The Morgan fingerprint density at radius 3 is 2.68 bits per heavy atom. The molecule has 1 N–H and O–H groups in total. The number of thiophene rings is 1. The number of aromatic nitrogens is 1. The summed E-state index contributed by atoms with van der Waals surface area (Å²) in [4.78, 5) is 7.35. The Kier molecular flexibility index (Phi) is 5.10. The zero-order chi connectivity index (χ0) is 13.8. The molecule has 0 bridgehead atoms. The summed E-state index contributed by atoms with van der Waals surface area (Å²) >= 11 is 3.57. The molecule has 2 aromatic rings. The second-order valence-electron chi connectivity index (χ2n) is 4.54. The zero-order valence-corrected chi connectivity index (χ0v) is 13.5. The van der Waals surface area contributed by atoms with Crippen LogP contribution in [0.5, 0.6) is 0 Å². The van der Waals surface area contributed by atoms with Crippen molar-refractivity contribution >= 4 is 22.7 Å². The SMILES string of the molecule is COCCNC(c1nc(C)c(C)s1)c1sccc1C. The van der Waals surface area contributed by atoms with Gasteiger partial charge >= 0.3 is 0 Å². The van der Waals surface area contributed by atoms with E-state index >= 15 is 0 Å². The van der Waals surface area contributed by atoms with E-state index in [1.54, 1.807) is 29.8 Å². The Balaban J connectivity index is 2.26. The molecule has 5 heteroatoms. The number of nitrogens with zero attached hydrogens (tertiary/aromatic N) is 1. The minimum Gasteiger partial charge on any atom is -0.383 e. The van der Waals surface area contributed by atoms with Gasteiger partial charge in [-0.05, 0) is 37.8 Å². The number of hydrogen-bond donors (Lipinski definition) is 1. The number of rotatable bonds is 6. The second-order valence-corrected chi connectivity index (χ2v) is 6.72. The highest BCUT2D eigenvalue weighted by Crippen LogP contribution is 2.32. The number of methoxy groups -OCH3 is 1. The molecule has 0 aliphatic rings. The molecular formula is C14H20N2OS2. The normalized spacial score (nSPS) is 12.8. The van der Waals surface area contributed by atoms with Gasteiger partial charge in [-0.25, -0.2) is 4.98 Å². The van der Waals surface area contributed by atoms with Gasteiger partial charge in [0.2, 0.25) is 0 Å². The van der Waals surface area contributed by atoms with E-state index in [2.05, 4.69) is 37.5 Å². The Hall–Kier alpha value is -0.750. The molecule has 0 saturated heterocycles. The largest absolute Gasteiger partial charge is 0.383 e. The first-order valence-electron chi connectivity index (χ1n) is 6.33. The van der Waals surface area contributed by atoms with Gasteiger partial charge in [-0.1, -0.05) is 0 Å². The molecule has 19 heavy (non-hydrogen) atoms. The fourth-order valence-corrected chi connectivity index (χ4v) is 3.99. The van der Waals surface area contributed by atoms with Gasteiger partial charge in [0.1, 0.15) is 5.01 Å². The molecule has 0 fully saturated rings. The molecule has 3 nitrogen and oxygen atoms in total. The third kappa shape index (κ3) is 3.42. The van der Waals surface area contributed by atoms with Crippen LogP contribution in [0.1, 0.15) is 32.1 Å².